The smallest absolute Gasteiger partial charge is 0.253 e. The maximum atomic E-state index is 12.7. The zero-order chi connectivity index (χ0) is 17.3. The zero-order valence-electron chi connectivity index (χ0n) is 14.4. The summed E-state index contributed by atoms with van der Waals surface area (Å²) in [5.74, 6) is 0.460. The van der Waals surface area contributed by atoms with Crippen LogP contribution in [0.4, 0.5) is 0 Å². The van der Waals surface area contributed by atoms with E-state index >= 15 is 0 Å². The summed E-state index contributed by atoms with van der Waals surface area (Å²) >= 11 is 0. The minimum Gasteiger partial charge on any atom is -0.339 e. The Morgan fingerprint density at radius 2 is 1.88 bits per heavy atom. The van der Waals surface area contributed by atoms with Crippen molar-refractivity contribution in [3.05, 3.63) is 29.8 Å². The quantitative estimate of drug-likeness (QED) is 0.858. The highest BCUT2D eigenvalue weighted by atomic mass is 32.2. The van der Waals surface area contributed by atoms with Crippen molar-refractivity contribution >= 4 is 15.9 Å². The average Bonchev–Trinajstić information content (AvgIpc) is 3.31. The minimum atomic E-state index is -3.57. The Morgan fingerprint density at radius 1 is 1.21 bits per heavy atom. The maximum Gasteiger partial charge on any atom is 0.253 e. The molecule has 0 spiro atoms. The summed E-state index contributed by atoms with van der Waals surface area (Å²) in [6.45, 7) is 2.05. The third-order valence-corrected chi connectivity index (χ3v) is 6.82. The number of sulfonamides is 1. The van der Waals surface area contributed by atoms with Gasteiger partial charge in [-0.25, -0.2) is 13.1 Å². The molecule has 2 aliphatic rings. The van der Waals surface area contributed by atoms with Gasteiger partial charge in [0, 0.05) is 24.7 Å². The van der Waals surface area contributed by atoms with Crippen LogP contribution in [0, 0.1) is 5.92 Å². The molecule has 0 saturated heterocycles. The van der Waals surface area contributed by atoms with Crippen molar-refractivity contribution in [1.82, 2.24) is 9.62 Å². The van der Waals surface area contributed by atoms with Crippen LogP contribution in [0.1, 0.15) is 55.8 Å². The molecule has 0 heterocycles. The molecule has 0 aliphatic heterocycles. The Morgan fingerprint density at radius 3 is 2.50 bits per heavy atom. The van der Waals surface area contributed by atoms with Crippen molar-refractivity contribution in [2.45, 2.75) is 62.4 Å². The van der Waals surface area contributed by atoms with Crippen LogP contribution in [0.2, 0.25) is 0 Å². The number of rotatable bonds is 6. The standard InChI is InChI=1S/C18H26N2O3S/c1-13(14-10-11-14)20(2)18(21)15-6-5-9-17(12-15)24(22,23)19-16-7-3-4-8-16/h5-6,9,12-14,16,19H,3-4,7-8,10-11H2,1-2H3. The average molecular weight is 350 g/mol. The summed E-state index contributed by atoms with van der Waals surface area (Å²) in [6.07, 6.45) is 6.24. The predicted molar refractivity (Wildman–Crippen MR) is 93.3 cm³/mol. The summed E-state index contributed by atoms with van der Waals surface area (Å²) in [7, 11) is -1.78. The molecule has 1 amide bonds. The minimum absolute atomic E-state index is 0.0203. The van der Waals surface area contributed by atoms with E-state index in [0.29, 0.717) is 11.5 Å². The van der Waals surface area contributed by atoms with Crippen molar-refractivity contribution in [3.63, 3.8) is 0 Å². The molecule has 3 rings (SSSR count). The van der Waals surface area contributed by atoms with Gasteiger partial charge in [0.2, 0.25) is 10.0 Å². The summed E-state index contributed by atoms with van der Waals surface area (Å²) < 4.78 is 27.9. The molecule has 2 fully saturated rings. The number of carbonyl (C=O) groups is 1. The molecule has 1 unspecified atom stereocenters. The fourth-order valence-corrected chi connectivity index (χ4v) is 4.76. The molecular weight excluding hydrogens is 324 g/mol. The number of hydrogen-bond donors (Lipinski definition) is 1. The van der Waals surface area contributed by atoms with Gasteiger partial charge in [0.25, 0.3) is 5.91 Å². The van der Waals surface area contributed by atoms with E-state index in [0.717, 1.165) is 25.7 Å². The molecule has 0 radical (unpaired) electrons. The Labute approximate surface area is 144 Å². The van der Waals surface area contributed by atoms with Crippen LogP contribution >= 0.6 is 0 Å². The lowest BCUT2D eigenvalue weighted by Gasteiger charge is -2.25. The molecule has 1 aromatic rings. The second-order valence-electron chi connectivity index (χ2n) is 7.12. The van der Waals surface area contributed by atoms with E-state index in [2.05, 4.69) is 11.6 Å². The van der Waals surface area contributed by atoms with E-state index in [-0.39, 0.29) is 22.9 Å². The third kappa shape index (κ3) is 3.81. The highest BCUT2D eigenvalue weighted by molar-refractivity contribution is 7.89. The van der Waals surface area contributed by atoms with Crippen LogP contribution in [0.15, 0.2) is 29.2 Å². The van der Waals surface area contributed by atoms with E-state index in [1.165, 1.54) is 18.9 Å². The van der Waals surface area contributed by atoms with E-state index in [1.54, 1.807) is 30.1 Å². The van der Waals surface area contributed by atoms with E-state index < -0.39 is 10.0 Å². The summed E-state index contributed by atoms with van der Waals surface area (Å²) in [4.78, 5) is 14.6. The van der Waals surface area contributed by atoms with Crippen LogP contribution in [0.5, 0.6) is 0 Å². The van der Waals surface area contributed by atoms with Crippen molar-refractivity contribution in [2.24, 2.45) is 5.92 Å². The Bertz CT molecular complexity index is 707. The summed E-state index contributed by atoms with van der Waals surface area (Å²) in [6, 6.07) is 6.59. The lowest BCUT2D eigenvalue weighted by atomic mass is 10.1. The first kappa shape index (κ1) is 17.4. The molecule has 1 atom stereocenters. The lowest BCUT2D eigenvalue weighted by Crippen LogP contribution is -2.36. The Balaban J connectivity index is 1.76. The van der Waals surface area contributed by atoms with Gasteiger partial charge in [-0.2, -0.15) is 0 Å². The normalized spacial score (nSPS) is 20.1. The fraction of sp³-hybridized carbons (Fsp3) is 0.611. The molecule has 24 heavy (non-hydrogen) atoms. The number of nitrogens with one attached hydrogen (secondary N) is 1. The molecule has 132 valence electrons. The first-order valence-corrected chi connectivity index (χ1v) is 10.3. The highest BCUT2D eigenvalue weighted by Crippen LogP contribution is 2.35. The molecule has 1 N–H and O–H groups in total. The zero-order valence-corrected chi connectivity index (χ0v) is 15.2. The van der Waals surface area contributed by atoms with E-state index in [4.69, 9.17) is 0 Å². The third-order valence-electron chi connectivity index (χ3n) is 5.30. The molecule has 2 saturated carbocycles. The van der Waals surface area contributed by atoms with Gasteiger partial charge in [0.05, 0.1) is 4.90 Å². The van der Waals surface area contributed by atoms with Crippen LogP contribution in [-0.2, 0) is 10.0 Å². The van der Waals surface area contributed by atoms with Gasteiger partial charge in [-0.15, -0.1) is 0 Å². The topological polar surface area (TPSA) is 66.5 Å². The van der Waals surface area contributed by atoms with Crippen LogP contribution in [0.3, 0.4) is 0 Å². The van der Waals surface area contributed by atoms with Crippen molar-refractivity contribution < 1.29 is 13.2 Å². The van der Waals surface area contributed by atoms with Gasteiger partial charge >= 0.3 is 0 Å². The first-order valence-electron chi connectivity index (χ1n) is 8.78. The van der Waals surface area contributed by atoms with Crippen LogP contribution < -0.4 is 4.72 Å². The van der Waals surface area contributed by atoms with Gasteiger partial charge in [-0.05, 0) is 56.7 Å². The number of nitrogens with zero attached hydrogens (tertiary/aromatic N) is 1. The van der Waals surface area contributed by atoms with Crippen molar-refractivity contribution in [1.29, 1.82) is 0 Å². The number of carbonyl (C=O) groups excluding carboxylic acids is 1. The van der Waals surface area contributed by atoms with E-state index in [1.807, 2.05) is 0 Å². The number of hydrogen-bond acceptors (Lipinski definition) is 3. The molecule has 0 bridgehead atoms. The van der Waals surface area contributed by atoms with Crippen molar-refractivity contribution in [2.75, 3.05) is 7.05 Å². The second-order valence-corrected chi connectivity index (χ2v) is 8.84. The van der Waals surface area contributed by atoms with Gasteiger partial charge < -0.3 is 4.90 Å². The van der Waals surface area contributed by atoms with Gasteiger partial charge in [0.15, 0.2) is 0 Å². The lowest BCUT2D eigenvalue weighted by molar-refractivity contribution is 0.0727. The Hall–Kier alpha value is -1.40. The monoisotopic (exact) mass is 350 g/mol. The van der Waals surface area contributed by atoms with Gasteiger partial charge in [0.1, 0.15) is 0 Å². The van der Waals surface area contributed by atoms with Crippen molar-refractivity contribution in [3.8, 4) is 0 Å². The second kappa shape index (κ2) is 6.84. The summed E-state index contributed by atoms with van der Waals surface area (Å²) in [5.41, 5.74) is 0.430. The van der Waals surface area contributed by atoms with Gasteiger partial charge in [-0.3, -0.25) is 4.79 Å². The fourth-order valence-electron chi connectivity index (χ4n) is 3.41. The highest BCUT2D eigenvalue weighted by Gasteiger charge is 2.33. The van der Waals surface area contributed by atoms with Crippen LogP contribution in [-0.4, -0.2) is 38.4 Å². The molecule has 0 aromatic heterocycles. The summed E-state index contributed by atoms with van der Waals surface area (Å²) in [5, 5.41) is 0. The first-order chi connectivity index (χ1) is 11.4. The largest absolute Gasteiger partial charge is 0.339 e. The Kier molecular flexibility index (Phi) is 4.97. The maximum absolute atomic E-state index is 12.7. The van der Waals surface area contributed by atoms with E-state index in [9.17, 15) is 13.2 Å². The number of benzene rings is 1. The molecule has 6 heteroatoms. The SMILES string of the molecule is CC(C1CC1)N(C)C(=O)c1cccc(S(=O)(=O)NC2CCCC2)c1. The predicted octanol–water partition coefficient (Wildman–Crippen LogP) is 2.78. The molecule has 1 aromatic carbocycles. The molecular formula is C18H26N2O3S. The van der Waals surface area contributed by atoms with Gasteiger partial charge in [-0.1, -0.05) is 18.9 Å². The number of amides is 1. The molecule has 2 aliphatic carbocycles. The van der Waals surface area contributed by atoms with Crippen LogP contribution in [0.25, 0.3) is 0 Å². The molecule has 5 nitrogen and oxygen atoms in total.